The van der Waals surface area contributed by atoms with Gasteiger partial charge in [0.05, 0.1) is 0 Å². The first kappa shape index (κ1) is 10.9. The molecule has 2 heteroatoms. The molecule has 1 atom stereocenters. The number of nitrogens with one attached hydrogen (secondary N) is 1. The Hall–Kier alpha value is -0.0800. The van der Waals surface area contributed by atoms with E-state index < -0.39 is 5.72 Å². The summed E-state index contributed by atoms with van der Waals surface area (Å²) in [5, 5.41) is 12.8. The van der Waals surface area contributed by atoms with Gasteiger partial charge in [0, 0.05) is 6.04 Å². The molecule has 0 bridgehead atoms. The number of hydrogen-bond donors (Lipinski definition) is 2. The Bertz CT molecular complexity index is 99.7. The van der Waals surface area contributed by atoms with Crippen LogP contribution in [0.25, 0.3) is 0 Å². The fourth-order valence-electron chi connectivity index (χ4n) is 1.22. The highest BCUT2D eigenvalue weighted by molar-refractivity contribution is 4.71. The van der Waals surface area contributed by atoms with Crippen LogP contribution in [0.3, 0.4) is 0 Å². The molecule has 0 rings (SSSR count). The quantitative estimate of drug-likeness (QED) is 0.600. The van der Waals surface area contributed by atoms with E-state index in [0.717, 1.165) is 19.3 Å². The number of hydrogen-bond acceptors (Lipinski definition) is 2. The number of unbranched alkanes of at least 4 members (excludes halogenated alkanes) is 1. The Kier molecular flexibility index (Phi) is 4.69. The summed E-state index contributed by atoms with van der Waals surface area (Å²) in [4.78, 5) is 0. The first-order chi connectivity index (χ1) is 4.98. The van der Waals surface area contributed by atoms with E-state index in [1.807, 2.05) is 20.8 Å². The molecule has 11 heavy (non-hydrogen) atoms. The first-order valence-electron chi connectivity index (χ1n) is 4.48. The van der Waals surface area contributed by atoms with Crippen LogP contribution in [0.2, 0.25) is 0 Å². The minimum absolute atomic E-state index is 0.349. The lowest BCUT2D eigenvalue weighted by molar-refractivity contribution is 0.00606. The van der Waals surface area contributed by atoms with Gasteiger partial charge in [0.2, 0.25) is 0 Å². The van der Waals surface area contributed by atoms with Gasteiger partial charge in [-0.1, -0.05) is 13.3 Å². The third kappa shape index (κ3) is 6.32. The largest absolute Gasteiger partial charge is 0.376 e. The lowest BCUT2D eigenvalue weighted by Gasteiger charge is -2.27. The standard InChI is InChI=1S/C9H21NO/c1-5-6-7-9(4,11)10-8(2)3/h8,10-11H,5-7H2,1-4H3. The van der Waals surface area contributed by atoms with Gasteiger partial charge >= 0.3 is 0 Å². The van der Waals surface area contributed by atoms with Gasteiger partial charge in [0.1, 0.15) is 5.72 Å². The van der Waals surface area contributed by atoms with Crippen LogP contribution >= 0.6 is 0 Å². The van der Waals surface area contributed by atoms with E-state index in [-0.39, 0.29) is 0 Å². The van der Waals surface area contributed by atoms with Crippen LogP contribution in [0, 0.1) is 0 Å². The van der Waals surface area contributed by atoms with Crippen LogP contribution in [-0.4, -0.2) is 16.9 Å². The van der Waals surface area contributed by atoms with Gasteiger partial charge < -0.3 is 5.11 Å². The Balaban J connectivity index is 3.61. The summed E-state index contributed by atoms with van der Waals surface area (Å²) in [5.41, 5.74) is -0.676. The van der Waals surface area contributed by atoms with Crippen molar-refractivity contribution in [1.82, 2.24) is 5.32 Å². The van der Waals surface area contributed by atoms with Crippen LogP contribution in [-0.2, 0) is 0 Å². The lowest BCUT2D eigenvalue weighted by Crippen LogP contribution is -2.45. The second-order valence-corrected chi connectivity index (χ2v) is 3.68. The van der Waals surface area contributed by atoms with Crippen molar-refractivity contribution in [1.29, 1.82) is 0 Å². The van der Waals surface area contributed by atoms with E-state index in [4.69, 9.17) is 0 Å². The van der Waals surface area contributed by atoms with Gasteiger partial charge in [-0.3, -0.25) is 5.32 Å². The van der Waals surface area contributed by atoms with Crippen molar-refractivity contribution in [2.45, 2.75) is 58.7 Å². The molecule has 2 N–H and O–H groups in total. The summed E-state index contributed by atoms with van der Waals surface area (Å²) in [6, 6.07) is 0.349. The predicted octanol–water partition coefficient (Wildman–Crippen LogP) is 1.88. The topological polar surface area (TPSA) is 32.3 Å². The Labute approximate surface area is 70.0 Å². The molecule has 0 aliphatic heterocycles. The van der Waals surface area contributed by atoms with Crippen LogP contribution in [0.1, 0.15) is 47.0 Å². The molecule has 0 aliphatic rings. The van der Waals surface area contributed by atoms with Gasteiger partial charge in [-0.25, -0.2) is 0 Å². The predicted molar refractivity (Wildman–Crippen MR) is 48.4 cm³/mol. The van der Waals surface area contributed by atoms with E-state index in [1.54, 1.807) is 0 Å². The maximum atomic E-state index is 9.70. The van der Waals surface area contributed by atoms with E-state index in [1.165, 1.54) is 0 Å². The van der Waals surface area contributed by atoms with Crippen molar-refractivity contribution in [2.75, 3.05) is 0 Å². The monoisotopic (exact) mass is 159 g/mol. The summed E-state index contributed by atoms with van der Waals surface area (Å²) in [5.74, 6) is 0. The summed E-state index contributed by atoms with van der Waals surface area (Å²) >= 11 is 0. The molecule has 0 aromatic heterocycles. The summed E-state index contributed by atoms with van der Waals surface area (Å²) < 4.78 is 0. The second kappa shape index (κ2) is 4.73. The fraction of sp³-hybridized carbons (Fsp3) is 1.00. The summed E-state index contributed by atoms with van der Waals surface area (Å²) in [6.07, 6.45) is 3.05. The molecular formula is C9H21NO. The van der Waals surface area contributed by atoms with Crippen molar-refractivity contribution in [3.8, 4) is 0 Å². The minimum atomic E-state index is -0.676. The van der Waals surface area contributed by atoms with Crippen LogP contribution in [0.15, 0.2) is 0 Å². The van der Waals surface area contributed by atoms with Crippen LogP contribution in [0.5, 0.6) is 0 Å². The lowest BCUT2D eigenvalue weighted by atomic mass is 10.1. The zero-order chi connectivity index (χ0) is 8.91. The zero-order valence-corrected chi connectivity index (χ0v) is 8.15. The molecular weight excluding hydrogens is 138 g/mol. The van der Waals surface area contributed by atoms with Gasteiger partial charge in [-0.15, -0.1) is 0 Å². The third-order valence-electron chi connectivity index (χ3n) is 1.62. The van der Waals surface area contributed by atoms with Gasteiger partial charge in [-0.2, -0.15) is 0 Å². The van der Waals surface area contributed by atoms with E-state index in [2.05, 4.69) is 12.2 Å². The van der Waals surface area contributed by atoms with Crippen molar-refractivity contribution in [3.05, 3.63) is 0 Å². The van der Waals surface area contributed by atoms with E-state index in [9.17, 15) is 5.11 Å². The molecule has 0 saturated heterocycles. The zero-order valence-electron chi connectivity index (χ0n) is 8.15. The summed E-state index contributed by atoms with van der Waals surface area (Å²) in [6.45, 7) is 8.05. The Morgan fingerprint density at radius 2 is 2.00 bits per heavy atom. The molecule has 68 valence electrons. The highest BCUT2D eigenvalue weighted by Crippen LogP contribution is 2.10. The molecule has 0 amide bonds. The van der Waals surface area contributed by atoms with E-state index in [0.29, 0.717) is 6.04 Å². The average molecular weight is 159 g/mol. The second-order valence-electron chi connectivity index (χ2n) is 3.68. The molecule has 0 aromatic carbocycles. The molecule has 0 aromatic rings. The maximum absolute atomic E-state index is 9.70. The molecule has 0 fully saturated rings. The van der Waals surface area contributed by atoms with Gasteiger partial charge in [0.15, 0.2) is 0 Å². The third-order valence-corrected chi connectivity index (χ3v) is 1.62. The molecule has 0 heterocycles. The highest BCUT2D eigenvalue weighted by Gasteiger charge is 2.18. The number of rotatable bonds is 5. The van der Waals surface area contributed by atoms with Crippen molar-refractivity contribution in [2.24, 2.45) is 0 Å². The minimum Gasteiger partial charge on any atom is -0.376 e. The molecule has 0 spiro atoms. The van der Waals surface area contributed by atoms with E-state index >= 15 is 0 Å². The molecule has 0 saturated carbocycles. The molecule has 2 nitrogen and oxygen atoms in total. The average Bonchev–Trinajstić information content (AvgIpc) is 1.81. The maximum Gasteiger partial charge on any atom is 0.113 e. The van der Waals surface area contributed by atoms with Crippen LogP contribution < -0.4 is 5.32 Å². The molecule has 0 aliphatic carbocycles. The highest BCUT2D eigenvalue weighted by atomic mass is 16.3. The number of aliphatic hydroxyl groups is 1. The molecule has 1 unspecified atom stereocenters. The van der Waals surface area contributed by atoms with Gasteiger partial charge in [0.25, 0.3) is 0 Å². The SMILES string of the molecule is CCCCC(C)(O)NC(C)C. The molecule has 0 radical (unpaired) electrons. The fourth-order valence-corrected chi connectivity index (χ4v) is 1.22. The van der Waals surface area contributed by atoms with Crippen molar-refractivity contribution < 1.29 is 5.11 Å². The first-order valence-corrected chi connectivity index (χ1v) is 4.48. The Morgan fingerprint density at radius 3 is 2.36 bits per heavy atom. The van der Waals surface area contributed by atoms with Crippen molar-refractivity contribution >= 4 is 0 Å². The normalized spacial score (nSPS) is 16.9. The summed E-state index contributed by atoms with van der Waals surface area (Å²) in [7, 11) is 0. The van der Waals surface area contributed by atoms with Crippen molar-refractivity contribution in [3.63, 3.8) is 0 Å². The van der Waals surface area contributed by atoms with Gasteiger partial charge in [-0.05, 0) is 33.6 Å². The smallest absolute Gasteiger partial charge is 0.113 e. The Morgan fingerprint density at radius 1 is 1.45 bits per heavy atom. The van der Waals surface area contributed by atoms with Crippen LogP contribution in [0.4, 0.5) is 0 Å².